The van der Waals surface area contributed by atoms with Crippen molar-refractivity contribution >= 4 is 23.5 Å². The number of carbonyl (C=O) groups excluding carboxylic acids is 1. The van der Waals surface area contributed by atoms with Crippen LogP contribution in [0.15, 0.2) is 30.3 Å². The van der Waals surface area contributed by atoms with Crippen molar-refractivity contribution in [2.75, 3.05) is 0 Å². The number of carboxylic acid groups (broad SMARTS) is 1. The first kappa shape index (κ1) is 16.1. The molecule has 0 aliphatic rings. The van der Waals surface area contributed by atoms with E-state index >= 15 is 0 Å². The fourth-order valence-electron chi connectivity index (χ4n) is 2.37. The Labute approximate surface area is 133 Å². The number of aryl methyl sites for hydroxylation is 2. The number of aromatic amines is 1. The molecule has 0 fully saturated rings. The van der Waals surface area contributed by atoms with Gasteiger partial charge >= 0.3 is 5.97 Å². The zero-order valence-electron chi connectivity index (χ0n) is 12.3. The van der Waals surface area contributed by atoms with Crippen molar-refractivity contribution < 1.29 is 14.7 Å². The van der Waals surface area contributed by atoms with Crippen LogP contribution >= 0.6 is 11.6 Å². The van der Waals surface area contributed by atoms with Crippen molar-refractivity contribution in [2.45, 2.75) is 26.3 Å². The van der Waals surface area contributed by atoms with Crippen LogP contribution in [0.2, 0.25) is 5.02 Å². The lowest BCUT2D eigenvalue weighted by atomic mass is 10.0. The molecule has 0 aliphatic carbocycles. The van der Waals surface area contributed by atoms with Gasteiger partial charge < -0.3 is 15.4 Å². The maximum absolute atomic E-state index is 12.4. The van der Waals surface area contributed by atoms with E-state index in [1.165, 1.54) is 0 Å². The van der Waals surface area contributed by atoms with E-state index in [9.17, 15) is 9.59 Å². The van der Waals surface area contributed by atoms with E-state index in [1.807, 2.05) is 19.9 Å². The summed E-state index contributed by atoms with van der Waals surface area (Å²) in [4.78, 5) is 26.4. The van der Waals surface area contributed by atoms with Crippen LogP contribution in [0.3, 0.4) is 0 Å². The average Bonchev–Trinajstić information content (AvgIpc) is 2.77. The second kappa shape index (κ2) is 6.66. The summed E-state index contributed by atoms with van der Waals surface area (Å²) >= 11 is 6.12. The normalized spacial score (nSPS) is 12.0. The van der Waals surface area contributed by atoms with Gasteiger partial charge in [-0.3, -0.25) is 9.59 Å². The van der Waals surface area contributed by atoms with Gasteiger partial charge in [-0.2, -0.15) is 0 Å². The maximum Gasteiger partial charge on any atom is 0.305 e. The molecule has 2 rings (SSSR count). The van der Waals surface area contributed by atoms with Gasteiger partial charge in [0.25, 0.3) is 5.91 Å². The first-order valence-electron chi connectivity index (χ1n) is 6.81. The van der Waals surface area contributed by atoms with Crippen LogP contribution in [0.5, 0.6) is 0 Å². The lowest BCUT2D eigenvalue weighted by Gasteiger charge is -2.18. The highest BCUT2D eigenvalue weighted by Gasteiger charge is 2.22. The molecule has 1 amide bonds. The Morgan fingerprint density at radius 1 is 1.32 bits per heavy atom. The minimum Gasteiger partial charge on any atom is -0.481 e. The molecule has 0 bridgehead atoms. The molecule has 1 atom stereocenters. The van der Waals surface area contributed by atoms with Gasteiger partial charge in [-0.05, 0) is 37.1 Å². The zero-order valence-corrected chi connectivity index (χ0v) is 13.1. The minimum atomic E-state index is -1.01. The summed E-state index contributed by atoms with van der Waals surface area (Å²) in [5, 5.41) is 12.2. The minimum absolute atomic E-state index is 0.242. The Morgan fingerprint density at radius 3 is 2.55 bits per heavy atom. The molecular weight excluding hydrogens is 304 g/mol. The monoisotopic (exact) mass is 320 g/mol. The van der Waals surface area contributed by atoms with Gasteiger partial charge in [-0.25, -0.2) is 0 Å². The summed E-state index contributed by atoms with van der Waals surface area (Å²) in [6.45, 7) is 3.67. The standard InChI is InChI=1S/C16H17ClN2O3/c1-9-7-10(2)18-15(9)16(22)19-13(8-14(20)21)11-5-3-4-6-12(11)17/h3-7,13,18H,8H2,1-2H3,(H,19,22)(H,20,21). The van der Waals surface area contributed by atoms with Crippen LogP contribution in [-0.2, 0) is 4.79 Å². The molecule has 1 aromatic carbocycles. The summed E-state index contributed by atoms with van der Waals surface area (Å²) < 4.78 is 0. The Kier molecular flexibility index (Phi) is 4.88. The van der Waals surface area contributed by atoms with Gasteiger partial charge in [0.1, 0.15) is 5.69 Å². The third kappa shape index (κ3) is 3.68. The summed E-state index contributed by atoms with van der Waals surface area (Å²) in [6, 6.07) is 8.05. The molecule has 6 heteroatoms. The van der Waals surface area contributed by atoms with Crippen molar-refractivity contribution in [1.82, 2.24) is 10.3 Å². The van der Waals surface area contributed by atoms with Gasteiger partial charge in [-0.1, -0.05) is 29.8 Å². The summed E-state index contributed by atoms with van der Waals surface area (Å²) in [5.74, 6) is -1.36. The number of halogens is 1. The van der Waals surface area contributed by atoms with Crippen LogP contribution < -0.4 is 5.32 Å². The first-order valence-corrected chi connectivity index (χ1v) is 7.19. The lowest BCUT2D eigenvalue weighted by molar-refractivity contribution is -0.137. The molecule has 1 aromatic heterocycles. The predicted molar refractivity (Wildman–Crippen MR) is 84.2 cm³/mol. The van der Waals surface area contributed by atoms with Gasteiger partial charge in [0.2, 0.25) is 0 Å². The molecule has 0 radical (unpaired) electrons. The molecule has 116 valence electrons. The number of aromatic nitrogens is 1. The summed E-state index contributed by atoms with van der Waals surface area (Å²) in [7, 11) is 0. The third-order valence-corrected chi connectivity index (χ3v) is 3.69. The van der Waals surface area contributed by atoms with Crippen LogP contribution in [-0.4, -0.2) is 22.0 Å². The van der Waals surface area contributed by atoms with E-state index < -0.39 is 12.0 Å². The zero-order chi connectivity index (χ0) is 16.3. The number of aliphatic carboxylic acids is 1. The Hall–Kier alpha value is -2.27. The molecule has 22 heavy (non-hydrogen) atoms. The van der Waals surface area contributed by atoms with Crippen LogP contribution in [0.4, 0.5) is 0 Å². The third-order valence-electron chi connectivity index (χ3n) is 3.34. The van der Waals surface area contributed by atoms with Gasteiger partial charge in [0, 0.05) is 10.7 Å². The topological polar surface area (TPSA) is 82.2 Å². The Balaban J connectivity index is 2.27. The first-order chi connectivity index (χ1) is 10.4. The average molecular weight is 321 g/mol. The van der Waals surface area contributed by atoms with Gasteiger partial charge in [0.05, 0.1) is 12.5 Å². The quantitative estimate of drug-likeness (QED) is 0.791. The summed E-state index contributed by atoms with van der Waals surface area (Å²) in [5.41, 5.74) is 2.69. The van der Waals surface area contributed by atoms with Gasteiger partial charge in [-0.15, -0.1) is 0 Å². The predicted octanol–water partition coefficient (Wildman–Crippen LogP) is 3.23. The number of amides is 1. The second-order valence-corrected chi connectivity index (χ2v) is 5.56. The SMILES string of the molecule is Cc1cc(C)c(C(=O)NC(CC(=O)O)c2ccccc2Cl)[nH]1. The van der Waals surface area contributed by atoms with Gasteiger partial charge in [0.15, 0.2) is 0 Å². The second-order valence-electron chi connectivity index (χ2n) is 5.16. The molecule has 0 aliphatic heterocycles. The molecule has 0 saturated heterocycles. The van der Waals surface area contributed by atoms with Crippen molar-refractivity contribution in [3.63, 3.8) is 0 Å². The highest BCUT2D eigenvalue weighted by atomic mass is 35.5. The number of hydrogen-bond donors (Lipinski definition) is 3. The van der Waals surface area contributed by atoms with E-state index in [1.54, 1.807) is 24.3 Å². The number of benzene rings is 1. The fraction of sp³-hybridized carbons (Fsp3) is 0.250. The molecule has 1 heterocycles. The Morgan fingerprint density at radius 2 is 2.00 bits per heavy atom. The van der Waals surface area contributed by atoms with Crippen LogP contribution in [0.1, 0.15) is 39.8 Å². The van der Waals surface area contributed by atoms with E-state index in [2.05, 4.69) is 10.3 Å². The summed E-state index contributed by atoms with van der Waals surface area (Å²) in [6.07, 6.45) is -0.242. The van der Waals surface area contributed by atoms with Crippen molar-refractivity contribution in [3.8, 4) is 0 Å². The lowest BCUT2D eigenvalue weighted by Crippen LogP contribution is -2.31. The van der Waals surface area contributed by atoms with Crippen molar-refractivity contribution in [2.24, 2.45) is 0 Å². The number of carbonyl (C=O) groups is 2. The molecule has 0 saturated carbocycles. The van der Waals surface area contributed by atoms with E-state index in [0.29, 0.717) is 16.3 Å². The van der Waals surface area contributed by atoms with Crippen LogP contribution in [0, 0.1) is 13.8 Å². The van der Waals surface area contributed by atoms with E-state index in [-0.39, 0.29) is 12.3 Å². The number of rotatable bonds is 5. The van der Waals surface area contributed by atoms with E-state index in [0.717, 1.165) is 11.3 Å². The Bertz CT molecular complexity index is 709. The fourth-order valence-corrected chi connectivity index (χ4v) is 2.63. The number of nitrogens with one attached hydrogen (secondary N) is 2. The molecule has 5 nitrogen and oxygen atoms in total. The number of carboxylic acids is 1. The van der Waals surface area contributed by atoms with Crippen molar-refractivity contribution in [3.05, 3.63) is 57.9 Å². The molecule has 0 spiro atoms. The number of H-pyrrole nitrogens is 1. The molecular formula is C16H17ClN2O3. The smallest absolute Gasteiger partial charge is 0.305 e. The highest BCUT2D eigenvalue weighted by Crippen LogP contribution is 2.25. The van der Waals surface area contributed by atoms with Crippen molar-refractivity contribution in [1.29, 1.82) is 0 Å². The molecule has 3 N–H and O–H groups in total. The molecule has 2 aromatic rings. The van der Waals surface area contributed by atoms with Crippen LogP contribution in [0.25, 0.3) is 0 Å². The van der Waals surface area contributed by atoms with E-state index in [4.69, 9.17) is 16.7 Å². The maximum atomic E-state index is 12.4. The number of hydrogen-bond acceptors (Lipinski definition) is 2. The molecule has 1 unspecified atom stereocenters. The largest absolute Gasteiger partial charge is 0.481 e. The highest BCUT2D eigenvalue weighted by molar-refractivity contribution is 6.31.